The van der Waals surface area contributed by atoms with Crippen LogP contribution in [0.2, 0.25) is 0 Å². The smallest absolute Gasteiger partial charge is 0.334 e. The Morgan fingerprint density at radius 2 is 1.64 bits per heavy atom. The van der Waals surface area contributed by atoms with E-state index in [0.717, 1.165) is 47.8 Å². The molecule has 224 valence electrons. The highest BCUT2D eigenvalue weighted by Gasteiger charge is 2.60. The van der Waals surface area contributed by atoms with Crippen LogP contribution in [-0.4, -0.2) is 50.8 Å². The molecule has 4 heteroatoms. The van der Waals surface area contributed by atoms with Crippen molar-refractivity contribution >= 4 is 5.97 Å². The summed E-state index contributed by atoms with van der Waals surface area (Å²) in [6.07, 6.45) is 16.9. The van der Waals surface area contributed by atoms with Crippen molar-refractivity contribution in [2.75, 3.05) is 33.9 Å². The van der Waals surface area contributed by atoms with E-state index in [9.17, 15) is 4.79 Å². The van der Waals surface area contributed by atoms with Crippen molar-refractivity contribution in [1.29, 1.82) is 0 Å². The molecule has 0 heterocycles. The Kier molecular flexibility index (Phi) is 10.3. The Balaban J connectivity index is 1.27. The molecule has 4 rings (SSSR count). The van der Waals surface area contributed by atoms with Crippen molar-refractivity contribution in [3.05, 3.63) is 12.2 Å². The van der Waals surface area contributed by atoms with Gasteiger partial charge in [-0.05, 0) is 124 Å². The first-order valence-electron chi connectivity index (χ1n) is 16.6. The molecule has 0 saturated heterocycles. The van der Waals surface area contributed by atoms with Crippen molar-refractivity contribution < 1.29 is 14.3 Å². The lowest BCUT2D eigenvalue weighted by molar-refractivity contribution is -0.147. The topological polar surface area (TPSA) is 38.8 Å². The average molecular weight is 544 g/mol. The zero-order valence-corrected chi connectivity index (χ0v) is 26.6. The molecule has 4 fully saturated rings. The Morgan fingerprint density at radius 1 is 0.923 bits per heavy atom. The molecule has 9 atom stereocenters. The second-order valence-electron chi connectivity index (χ2n) is 15.4. The van der Waals surface area contributed by atoms with Crippen LogP contribution in [0, 0.1) is 52.3 Å². The zero-order valence-electron chi connectivity index (χ0n) is 26.6. The van der Waals surface area contributed by atoms with Gasteiger partial charge < -0.3 is 14.4 Å². The summed E-state index contributed by atoms with van der Waals surface area (Å²) in [5.41, 5.74) is 1.57. The molecule has 0 aromatic rings. The lowest BCUT2D eigenvalue weighted by Crippen LogP contribution is -2.54. The summed E-state index contributed by atoms with van der Waals surface area (Å²) in [7, 11) is 3.86. The van der Waals surface area contributed by atoms with Gasteiger partial charge in [0.25, 0.3) is 0 Å². The fourth-order valence-electron chi connectivity index (χ4n) is 10.3. The highest BCUT2D eigenvalue weighted by atomic mass is 16.6. The van der Waals surface area contributed by atoms with E-state index in [-0.39, 0.29) is 5.97 Å². The second-order valence-corrected chi connectivity index (χ2v) is 15.4. The summed E-state index contributed by atoms with van der Waals surface area (Å²) in [6.45, 7) is 17.9. The van der Waals surface area contributed by atoms with Crippen LogP contribution >= 0.6 is 0 Å². The van der Waals surface area contributed by atoms with Gasteiger partial charge in [-0.1, -0.05) is 60.5 Å². The fraction of sp³-hybridized carbons (Fsp3) is 0.914. The number of esters is 1. The van der Waals surface area contributed by atoms with Crippen LogP contribution in [0.5, 0.6) is 0 Å². The molecule has 4 aliphatic rings. The van der Waals surface area contributed by atoms with Crippen LogP contribution in [0.15, 0.2) is 12.2 Å². The number of fused-ring (bicyclic) bond motifs is 5. The van der Waals surface area contributed by atoms with Gasteiger partial charge in [-0.3, -0.25) is 0 Å². The monoisotopic (exact) mass is 543 g/mol. The van der Waals surface area contributed by atoms with E-state index >= 15 is 0 Å². The summed E-state index contributed by atoms with van der Waals surface area (Å²) in [6, 6.07) is 0. The van der Waals surface area contributed by atoms with E-state index in [0.29, 0.717) is 42.3 Å². The molecule has 0 aliphatic heterocycles. The first kappa shape index (κ1) is 31.1. The van der Waals surface area contributed by atoms with E-state index in [4.69, 9.17) is 9.47 Å². The number of hydrogen-bond donors (Lipinski definition) is 0. The Labute approximate surface area is 241 Å². The number of hydrogen-bond acceptors (Lipinski definition) is 4. The predicted octanol–water partition coefficient (Wildman–Crippen LogP) is 8.15. The van der Waals surface area contributed by atoms with Gasteiger partial charge in [-0.25, -0.2) is 4.79 Å². The number of likely N-dealkylation sites (N-methyl/N-ethyl adjacent to an activating group) is 1. The highest BCUT2D eigenvalue weighted by molar-refractivity contribution is 5.88. The predicted molar refractivity (Wildman–Crippen MR) is 161 cm³/mol. The van der Waals surface area contributed by atoms with Crippen molar-refractivity contribution in [2.24, 2.45) is 52.3 Å². The van der Waals surface area contributed by atoms with Gasteiger partial charge in [-0.15, -0.1) is 0 Å². The highest BCUT2D eigenvalue weighted by Crippen LogP contribution is 2.68. The van der Waals surface area contributed by atoms with Crippen LogP contribution in [-0.2, 0) is 14.3 Å². The quantitative estimate of drug-likeness (QED) is 0.141. The third-order valence-electron chi connectivity index (χ3n) is 12.3. The Morgan fingerprint density at radius 3 is 2.36 bits per heavy atom. The molecule has 0 aromatic heterocycles. The van der Waals surface area contributed by atoms with Gasteiger partial charge in [0.05, 0.1) is 12.7 Å². The van der Waals surface area contributed by atoms with Gasteiger partial charge >= 0.3 is 5.97 Å². The number of ether oxygens (including phenoxy) is 2. The maximum Gasteiger partial charge on any atom is 0.334 e. The fourth-order valence-corrected chi connectivity index (χ4v) is 10.3. The molecular formula is C35H61NO3. The number of nitrogens with zero attached hydrogens (tertiary/aromatic N) is 1. The molecule has 0 amide bonds. The van der Waals surface area contributed by atoms with Gasteiger partial charge in [-0.2, -0.15) is 0 Å². The molecule has 4 nitrogen and oxygen atoms in total. The van der Waals surface area contributed by atoms with Gasteiger partial charge in [0.15, 0.2) is 0 Å². The lowest BCUT2D eigenvalue weighted by atomic mass is 9.44. The van der Waals surface area contributed by atoms with Crippen LogP contribution in [0.3, 0.4) is 0 Å². The molecule has 39 heavy (non-hydrogen) atoms. The molecule has 0 bridgehead atoms. The van der Waals surface area contributed by atoms with E-state index in [1.165, 1.54) is 70.6 Å². The molecule has 4 saturated carbocycles. The zero-order chi connectivity index (χ0) is 28.4. The van der Waals surface area contributed by atoms with Crippen molar-refractivity contribution in [3.63, 3.8) is 0 Å². The normalized spacial score (nSPS) is 38.7. The van der Waals surface area contributed by atoms with Crippen LogP contribution in [0.1, 0.15) is 112 Å². The van der Waals surface area contributed by atoms with Crippen molar-refractivity contribution in [1.82, 2.24) is 4.90 Å². The summed E-state index contributed by atoms with van der Waals surface area (Å²) in [5.74, 6) is 5.98. The number of carbonyl (C=O) groups excluding carboxylic acids is 1. The number of carbonyl (C=O) groups is 1. The Hall–Kier alpha value is -0.870. The molecular weight excluding hydrogens is 482 g/mol. The third-order valence-corrected chi connectivity index (χ3v) is 12.3. The summed E-state index contributed by atoms with van der Waals surface area (Å²) < 4.78 is 11.7. The minimum absolute atomic E-state index is 0.301. The SMILES string of the molecule is C=C(CN(C)C)C(=O)OCCO[C@H]1CC[C@@]2(C)[C@H](CC[C@@H]3[C@H]2CC[C@]2(C)C([C@H](C)CCCC(C)C)CC[C@H]32)C1. The van der Waals surface area contributed by atoms with E-state index in [2.05, 4.69) is 41.2 Å². The molecule has 1 unspecified atom stereocenters. The number of rotatable bonds is 12. The molecule has 0 aromatic carbocycles. The minimum atomic E-state index is -0.301. The van der Waals surface area contributed by atoms with Crippen molar-refractivity contribution in [2.45, 2.75) is 118 Å². The van der Waals surface area contributed by atoms with Gasteiger partial charge in [0.2, 0.25) is 0 Å². The summed E-state index contributed by atoms with van der Waals surface area (Å²) >= 11 is 0. The maximum absolute atomic E-state index is 12.1. The lowest BCUT2D eigenvalue weighted by Gasteiger charge is -2.61. The van der Waals surface area contributed by atoms with E-state index in [1.54, 1.807) is 0 Å². The summed E-state index contributed by atoms with van der Waals surface area (Å²) in [5, 5.41) is 0. The minimum Gasteiger partial charge on any atom is -0.460 e. The van der Waals surface area contributed by atoms with E-state index in [1.807, 2.05) is 19.0 Å². The maximum atomic E-state index is 12.1. The standard InChI is InChI=1S/C35H61NO3/c1-24(2)10-9-11-25(3)30-14-15-31-29-13-12-27-22-28(38-20-21-39-33(37)26(4)23-36(7)8)16-18-34(27,5)32(29)17-19-35(30,31)6/h24-25,27-32H,4,9-23H2,1-3,5-8H3/t25-,27-,28+,29+,30?,31-,32-,34+,35-/m1/s1. The second kappa shape index (κ2) is 13.0. The van der Waals surface area contributed by atoms with Crippen molar-refractivity contribution in [3.8, 4) is 0 Å². The molecule has 4 aliphatic carbocycles. The first-order chi connectivity index (χ1) is 18.5. The molecule has 0 spiro atoms. The first-order valence-corrected chi connectivity index (χ1v) is 16.6. The van der Waals surface area contributed by atoms with Crippen LogP contribution in [0.25, 0.3) is 0 Å². The van der Waals surface area contributed by atoms with E-state index < -0.39 is 0 Å². The Bertz CT molecular complexity index is 838. The van der Waals surface area contributed by atoms with Crippen LogP contribution in [0.4, 0.5) is 0 Å². The third kappa shape index (κ3) is 6.79. The van der Waals surface area contributed by atoms with Gasteiger partial charge in [0.1, 0.15) is 6.61 Å². The molecule has 0 radical (unpaired) electrons. The van der Waals surface area contributed by atoms with Crippen LogP contribution < -0.4 is 0 Å². The summed E-state index contributed by atoms with van der Waals surface area (Å²) in [4.78, 5) is 14.1. The average Bonchev–Trinajstić information content (AvgIpc) is 3.23. The largest absolute Gasteiger partial charge is 0.460 e. The van der Waals surface area contributed by atoms with Gasteiger partial charge in [0, 0.05) is 12.1 Å². The molecule has 0 N–H and O–H groups in total.